The van der Waals surface area contributed by atoms with Crippen LogP contribution in [0.4, 0.5) is 0 Å². The minimum atomic E-state index is 0.572. The average Bonchev–Trinajstić information content (AvgIpc) is 3.67. The number of nitrogens with zero attached hydrogens (tertiary/aromatic N) is 5. The van der Waals surface area contributed by atoms with Gasteiger partial charge >= 0.3 is 0 Å². The van der Waals surface area contributed by atoms with E-state index in [0.717, 1.165) is 75.0 Å². The first kappa shape index (κ1) is 28.6. The van der Waals surface area contributed by atoms with Gasteiger partial charge in [-0.1, -0.05) is 78.9 Å². The first-order valence-electron chi connectivity index (χ1n) is 16.6. The molecule has 1 aliphatic carbocycles. The number of allylic oxidation sites excluding steroid dienone is 3. The number of hydrogen-bond donors (Lipinski definition) is 0. The summed E-state index contributed by atoms with van der Waals surface area (Å²) in [6, 6.07) is 42.2. The van der Waals surface area contributed by atoms with Crippen LogP contribution in [0.25, 0.3) is 67.0 Å². The molecule has 0 N–H and O–H groups in total. The second-order valence-corrected chi connectivity index (χ2v) is 12.8. The Morgan fingerprint density at radius 1 is 0.673 bits per heavy atom. The number of benzene rings is 5. The van der Waals surface area contributed by atoms with E-state index in [2.05, 4.69) is 130 Å². The largest absolute Gasteiger partial charge is 0.370 e. The van der Waals surface area contributed by atoms with Gasteiger partial charge in [-0.2, -0.15) is 10.5 Å². The molecule has 2 aromatic heterocycles. The molecule has 0 atom stereocenters. The van der Waals surface area contributed by atoms with Crippen molar-refractivity contribution in [2.75, 3.05) is 13.6 Å². The second-order valence-electron chi connectivity index (χ2n) is 12.8. The Kier molecular flexibility index (Phi) is 6.61. The van der Waals surface area contributed by atoms with Crippen LogP contribution in [0.3, 0.4) is 0 Å². The van der Waals surface area contributed by atoms with Crippen LogP contribution in [-0.4, -0.2) is 27.6 Å². The zero-order valence-electron chi connectivity index (χ0n) is 27.1. The molecule has 5 aromatic carbocycles. The molecule has 0 bridgehead atoms. The average molecular weight is 630 g/mol. The zero-order chi connectivity index (χ0) is 33.1. The molecule has 9 rings (SSSR count). The number of rotatable bonds is 4. The van der Waals surface area contributed by atoms with Crippen molar-refractivity contribution in [3.05, 3.63) is 155 Å². The smallest absolute Gasteiger partial charge is 0.101 e. The van der Waals surface area contributed by atoms with E-state index in [4.69, 9.17) is 0 Å². The quantitative estimate of drug-likeness (QED) is 0.195. The van der Waals surface area contributed by atoms with E-state index in [0.29, 0.717) is 11.1 Å². The topological polar surface area (TPSA) is 60.7 Å². The normalized spacial score (nSPS) is 14.1. The Morgan fingerprint density at radius 2 is 1.35 bits per heavy atom. The van der Waals surface area contributed by atoms with Gasteiger partial charge in [0, 0.05) is 58.0 Å². The molecule has 0 fully saturated rings. The first-order valence-corrected chi connectivity index (χ1v) is 16.6. The second kappa shape index (κ2) is 11.3. The van der Waals surface area contributed by atoms with Crippen molar-refractivity contribution in [2.24, 2.45) is 0 Å². The van der Waals surface area contributed by atoms with Crippen molar-refractivity contribution in [1.82, 2.24) is 14.0 Å². The fourth-order valence-electron chi connectivity index (χ4n) is 7.83. The highest BCUT2D eigenvalue weighted by Crippen LogP contribution is 2.40. The lowest BCUT2D eigenvalue weighted by molar-refractivity contribution is 0.531. The van der Waals surface area contributed by atoms with E-state index >= 15 is 0 Å². The molecule has 232 valence electrons. The third-order valence-electron chi connectivity index (χ3n) is 10.0. The first-order chi connectivity index (χ1) is 24.1. The molecule has 0 spiro atoms. The summed E-state index contributed by atoms with van der Waals surface area (Å²) in [4.78, 5) is 2.24. The van der Waals surface area contributed by atoms with Crippen molar-refractivity contribution < 1.29 is 0 Å². The van der Waals surface area contributed by atoms with E-state index < -0.39 is 0 Å². The summed E-state index contributed by atoms with van der Waals surface area (Å²) in [6.07, 6.45) is 11.1. The Bertz CT molecular complexity index is 2630. The predicted molar refractivity (Wildman–Crippen MR) is 200 cm³/mol. The Morgan fingerprint density at radius 3 is 2.06 bits per heavy atom. The molecule has 0 saturated heterocycles. The predicted octanol–water partition coefficient (Wildman–Crippen LogP) is 9.94. The van der Waals surface area contributed by atoms with Gasteiger partial charge < -0.3 is 14.0 Å². The molecule has 3 heterocycles. The lowest BCUT2D eigenvalue weighted by atomic mass is 9.94. The summed E-state index contributed by atoms with van der Waals surface area (Å²) in [5.41, 5.74) is 12.8. The minimum Gasteiger partial charge on any atom is -0.370 e. The van der Waals surface area contributed by atoms with Crippen molar-refractivity contribution in [3.63, 3.8) is 0 Å². The van der Waals surface area contributed by atoms with Crippen molar-refractivity contribution in [3.8, 4) is 29.0 Å². The highest BCUT2D eigenvalue weighted by atomic mass is 15.1. The lowest BCUT2D eigenvalue weighted by Crippen LogP contribution is -2.21. The summed E-state index contributed by atoms with van der Waals surface area (Å²) in [5.74, 6) is 0. The van der Waals surface area contributed by atoms with Crippen LogP contribution in [0.1, 0.15) is 34.4 Å². The number of likely N-dealkylation sites (N-methyl/N-ethyl adjacent to an activating group) is 1. The number of fused-ring (bicyclic) bond motifs is 6. The third kappa shape index (κ3) is 4.44. The Hall–Kier alpha value is -6.56. The SMILES string of the molecule is CN1CC=C(n2c3c(c4ccccc42)C=CCC3)C=C1c1cc(C#N)cc(-c2cccc(C#N)c2-n2c3ccccc3c3ccccc32)c1. The Labute approximate surface area is 284 Å². The fraction of sp³-hybridized carbons (Fsp3) is 0.0909. The van der Waals surface area contributed by atoms with E-state index in [1.165, 1.54) is 22.2 Å². The molecule has 0 radical (unpaired) electrons. The van der Waals surface area contributed by atoms with Gasteiger partial charge in [-0.25, -0.2) is 0 Å². The zero-order valence-corrected chi connectivity index (χ0v) is 27.1. The molecule has 5 heteroatoms. The maximum Gasteiger partial charge on any atom is 0.101 e. The maximum absolute atomic E-state index is 10.5. The fourth-order valence-corrected chi connectivity index (χ4v) is 7.83. The minimum absolute atomic E-state index is 0.572. The summed E-state index contributed by atoms with van der Waals surface area (Å²) < 4.78 is 4.63. The third-order valence-corrected chi connectivity index (χ3v) is 10.0. The van der Waals surface area contributed by atoms with Gasteiger partial charge in [0.1, 0.15) is 6.07 Å². The molecule has 2 aliphatic rings. The van der Waals surface area contributed by atoms with Crippen LogP contribution in [0, 0.1) is 22.7 Å². The van der Waals surface area contributed by atoms with Crippen LogP contribution >= 0.6 is 0 Å². The van der Waals surface area contributed by atoms with Crippen LogP contribution in [0.15, 0.2) is 127 Å². The van der Waals surface area contributed by atoms with E-state index in [-0.39, 0.29) is 0 Å². The van der Waals surface area contributed by atoms with Crippen LogP contribution in [-0.2, 0) is 6.42 Å². The standard InChI is InChI=1S/C44H31N5/c1-47-22-21-33(48-39-17-6-2-12-35(39)36-13-3-7-18-40(36)48)26-43(47)32-24-29(27-45)23-31(25-32)34-16-10-11-30(28-46)44(34)49-41-19-8-4-14-37(41)38-15-5-9-20-42(38)49/h2-6,8-17,19-21,23-26H,7,18,22H2,1H3. The van der Waals surface area contributed by atoms with E-state index in [9.17, 15) is 10.5 Å². The number of para-hydroxylation sites is 4. The van der Waals surface area contributed by atoms with Gasteiger partial charge in [-0.05, 0) is 78.6 Å². The summed E-state index contributed by atoms with van der Waals surface area (Å²) in [7, 11) is 2.10. The summed E-state index contributed by atoms with van der Waals surface area (Å²) in [5, 5.41) is 24.3. The van der Waals surface area contributed by atoms with Gasteiger partial charge in [-0.3, -0.25) is 0 Å². The molecule has 7 aromatic rings. The Balaban J connectivity index is 1.25. The molecular weight excluding hydrogens is 599 g/mol. The number of nitriles is 2. The highest BCUT2D eigenvalue weighted by molar-refractivity contribution is 6.10. The monoisotopic (exact) mass is 629 g/mol. The van der Waals surface area contributed by atoms with Gasteiger partial charge in [-0.15, -0.1) is 0 Å². The van der Waals surface area contributed by atoms with Gasteiger partial charge in [0.05, 0.1) is 39.4 Å². The van der Waals surface area contributed by atoms with Crippen molar-refractivity contribution in [1.29, 1.82) is 10.5 Å². The number of hydrogen-bond acceptors (Lipinski definition) is 3. The maximum atomic E-state index is 10.5. The van der Waals surface area contributed by atoms with Gasteiger partial charge in [0.15, 0.2) is 0 Å². The molecule has 0 saturated carbocycles. The molecule has 49 heavy (non-hydrogen) atoms. The molecule has 5 nitrogen and oxygen atoms in total. The van der Waals surface area contributed by atoms with Crippen molar-refractivity contribution >= 4 is 50.2 Å². The van der Waals surface area contributed by atoms with Gasteiger partial charge in [0.25, 0.3) is 0 Å². The van der Waals surface area contributed by atoms with Crippen LogP contribution < -0.4 is 0 Å². The van der Waals surface area contributed by atoms with Crippen LogP contribution in [0.5, 0.6) is 0 Å². The molecule has 0 unspecified atom stereocenters. The highest BCUT2D eigenvalue weighted by Gasteiger charge is 2.23. The molecule has 0 amide bonds. The molecular formula is C44H31N5. The van der Waals surface area contributed by atoms with E-state index in [1.807, 2.05) is 36.4 Å². The van der Waals surface area contributed by atoms with E-state index in [1.54, 1.807) is 0 Å². The summed E-state index contributed by atoms with van der Waals surface area (Å²) in [6.45, 7) is 0.737. The summed E-state index contributed by atoms with van der Waals surface area (Å²) >= 11 is 0. The molecule has 1 aliphatic heterocycles. The van der Waals surface area contributed by atoms with Crippen molar-refractivity contribution in [2.45, 2.75) is 12.8 Å². The van der Waals surface area contributed by atoms with Crippen LogP contribution in [0.2, 0.25) is 0 Å². The van der Waals surface area contributed by atoms with Gasteiger partial charge in [0.2, 0.25) is 0 Å². The lowest BCUT2D eigenvalue weighted by Gasteiger charge is -2.28. The number of aromatic nitrogens is 2.